The van der Waals surface area contributed by atoms with Crippen molar-refractivity contribution in [3.05, 3.63) is 12.7 Å². The van der Waals surface area contributed by atoms with Crippen LogP contribution in [0.4, 0.5) is 0 Å². The largest absolute Gasteiger partial charge is 0.466 e. The molecule has 1 N–H and O–H groups in total. The number of carbonyl (C=O) groups is 3. The molecule has 7 atom stereocenters. The molecule has 0 aliphatic carbocycles. The molecule has 4 heterocycles. The summed E-state index contributed by atoms with van der Waals surface area (Å²) in [4.78, 5) is 46.5. The Labute approximate surface area is 221 Å². The molecule has 4 fully saturated rings. The van der Waals surface area contributed by atoms with Gasteiger partial charge in [0.25, 0.3) is 0 Å². The number of hydrogen-bond acceptors (Lipinski definition) is 8. The zero-order chi connectivity index (χ0) is 26.0. The second kappa shape index (κ2) is 11.5. The number of aliphatic hydroxyl groups is 1. The van der Waals surface area contributed by atoms with Crippen molar-refractivity contribution in [2.24, 2.45) is 11.8 Å². The van der Waals surface area contributed by atoms with Crippen LogP contribution in [0.15, 0.2) is 12.7 Å². The van der Waals surface area contributed by atoms with E-state index in [2.05, 4.69) is 27.4 Å². The van der Waals surface area contributed by atoms with Crippen molar-refractivity contribution < 1.29 is 33.7 Å². The van der Waals surface area contributed by atoms with Crippen molar-refractivity contribution in [1.29, 1.82) is 0 Å². The van der Waals surface area contributed by atoms with Crippen LogP contribution in [-0.4, -0.2) is 125 Å². The Morgan fingerprint density at radius 2 is 2.08 bits per heavy atom. The molecule has 4 aliphatic rings. The Balaban J connectivity index is 1.68. The minimum absolute atomic E-state index is 0.192. The van der Waals surface area contributed by atoms with Gasteiger partial charge in [0.1, 0.15) is 11.6 Å². The molecule has 0 aromatic rings. The average molecular weight is 572 g/mol. The second-order valence-electron chi connectivity index (χ2n) is 9.93. The molecule has 4 saturated heterocycles. The molecule has 2 amide bonds. The zero-order valence-electron chi connectivity index (χ0n) is 21.1. The van der Waals surface area contributed by atoms with E-state index in [0.29, 0.717) is 45.7 Å². The van der Waals surface area contributed by atoms with Gasteiger partial charge in [0.2, 0.25) is 11.8 Å². The van der Waals surface area contributed by atoms with E-state index in [1.807, 2.05) is 6.92 Å². The lowest BCUT2D eigenvalue weighted by atomic mass is 9.70. The van der Waals surface area contributed by atoms with Crippen LogP contribution in [0, 0.1) is 11.8 Å². The summed E-state index contributed by atoms with van der Waals surface area (Å²) in [5.41, 5.74) is -1.16. The van der Waals surface area contributed by atoms with E-state index >= 15 is 0 Å². The monoisotopic (exact) mass is 571 g/mol. The van der Waals surface area contributed by atoms with Gasteiger partial charge in [-0.1, -0.05) is 28.9 Å². The van der Waals surface area contributed by atoms with Gasteiger partial charge in [-0.2, -0.15) is 0 Å². The van der Waals surface area contributed by atoms with E-state index in [0.717, 1.165) is 13.1 Å². The molecule has 1 spiro atoms. The molecular formula is C25H38BrN3O7. The Hall–Kier alpha value is -1.53. The predicted molar refractivity (Wildman–Crippen MR) is 134 cm³/mol. The molecular weight excluding hydrogens is 534 g/mol. The third-order valence-corrected chi connectivity index (χ3v) is 8.89. The smallest absolute Gasteiger partial charge is 0.312 e. The Bertz CT molecular complexity index is 850. The van der Waals surface area contributed by atoms with Crippen molar-refractivity contribution in [3.63, 3.8) is 0 Å². The lowest BCUT2D eigenvalue weighted by molar-refractivity contribution is -0.156. The molecule has 0 aromatic carbocycles. The number of alkyl halides is 1. The van der Waals surface area contributed by atoms with E-state index in [9.17, 15) is 19.5 Å². The molecule has 36 heavy (non-hydrogen) atoms. The summed E-state index contributed by atoms with van der Waals surface area (Å²) < 4.78 is 17.2. The first-order chi connectivity index (χ1) is 17.3. The second-order valence-corrected chi connectivity index (χ2v) is 11.1. The Morgan fingerprint density at radius 3 is 2.69 bits per heavy atom. The van der Waals surface area contributed by atoms with Gasteiger partial charge >= 0.3 is 5.97 Å². The number of likely N-dealkylation sites (tertiary alicyclic amines) is 1. The molecule has 2 bridgehead atoms. The van der Waals surface area contributed by atoms with Crippen molar-refractivity contribution in [3.8, 4) is 0 Å². The fourth-order valence-electron chi connectivity index (χ4n) is 6.37. The lowest BCUT2D eigenvalue weighted by Crippen LogP contribution is -2.59. The number of nitrogens with zero attached hydrogens (tertiary/aromatic N) is 3. The van der Waals surface area contributed by atoms with Gasteiger partial charge in [-0.3, -0.25) is 19.3 Å². The zero-order valence-corrected chi connectivity index (χ0v) is 22.7. The maximum atomic E-state index is 14.3. The molecule has 3 unspecified atom stereocenters. The van der Waals surface area contributed by atoms with Crippen LogP contribution in [-0.2, 0) is 28.6 Å². The number of morpholine rings is 1. The third kappa shape index (κ3) is 4.62. The summed E-state index contributed by atoms with van der Waals surface area (Å²) in [7, 11) is 0. The average Bonchev–Trinajstić information content (AvgIpc) is 3.47. The van der Waals surface area contributed by atoms with Gasteiger partial charge in [-0.15, -0.1) is 6.58 Å². The summed E-state index contributed by atoms with van der Waals surface area (Å²) in [6.45, 7) is 11.7. The van der Waals surface area contributed by atoms with E-state index < -0.39 is 41.6 Å². The van der Waals surface area contributed by atoms with Gasteiger partial charge in [0.15, 0.2) is 0 Å². The highest BCUT2D eigenvalue weighted by molar-refractivity contribution is 9.09. The molecule has 4 rings (SSSR count). The molecule has 202 valence electrons. The van der Waals surface area contributed by atoms with Crippen LogP contribution in [0.1, 0.15) is 26.7 Å². The molecule has 0 aromatic heterocycles. The highest BCUT2D eigenvalue weighted by Crippen LogP contribution is 2.60. The third-order valence-electron chi connectivity index (χ3n) is 8.05. The topological polar surface area (TPSA) is 109 Å². The van der Waals surface area contributed by atoms with E-state index in [-0.39, 0.29) is 29.9 Å². The number of aliphatic hydroxyl groups excluding tert-OH is 1. The molecule has 10 nitrogen and oxygen atoms in total. The van der Waals surface area contributed by atoms with Crippen molar-refractivity contribution in [2.45, 2.75) is 55.3 Å². The van der Waals surface area contributed by atoms with Crippen LogP contribution in [0.5, 0.6) is 0 Å². The SMILES string of the molecule is C=CCN(CCN1CCOCC1)C(=O)C1N([C@@H](CC)CO)C(=O)[C@@H]2[C@@H](C(=O)OCC)[C@@H]3OC12CC3Br. The van der Waals surface area contributed by atoms with Crippen molar-refractivity contribution in [1.82, 2.24) is 14.7 Å². The fourth-order valence-corrected chi connectivity index (χ4v) is 7.31. The number of fused-ring (bicyclic) bond motifs is 1. The van der Waals surface area contributed by atoms with E-state index in [1.165, 1.54) is 4.90 Å². The Kier molecular flexibility index (Phi) is 8.76. The summed E-state index contributed by atoms with van der Waals surface area (Å²) in [5, 5.41) is 10.2. The highest BCUT2D eigenvalue weighted by Gasteiger charge is 2.77. The van der Waals surface area contributed by atoms with E-state index in [1.54, 1.807) is 17.9 Å². The van der Waals surface area contributed by atoms with Gasteiger partial charge in [-0.25, -0.2) is 0 Å². The minimum atomic E-state index is -1.16. The van der Waals surface area contributed by atoms with Crippen LogP contribution >= 0.6 is 15.9 Å². The summed E-state index contributed by atoms with van der Waals surface area (Å²) in [6.07, 6.45) is 2.02. The maximum Gasteiger partial charge on any atom is 0.312 e. The lowest BCUT2D eigenvalue weighted by Gasteiger charge is -2.39. The first-order valence-corrected chi connectivity index (χ1v) is 13.9. The standard InChI is InChI=1S/C25H38BrN3O7/c1-4-7-28(9-8-27-10-12-34-13-11-27)23(32)21-25-14-17(26)20(36-25)18(24(33)35-6-3)19(25)22(31)29(21)16(5-2)15-30/h4,16-21,30H,1,5-15H2,2-3H3/t16-,17?,18+,19-,20+,21?,25?/m0/s1. The fraction of sp³-hybridized carbons (Fsp3) is 0.800. The number of rotatable bonds is 11. The number of esters is 1. The number of hydrogen-bond donors (Lipinski definition) is 1. The normalized spacial score (nSPS) is 34.5. The van der Waals surface area contributed by atoms with Gasteiger partial charge in [0, 0.05) is 37.6 Å². The first kappa shape index (κ1) is 27.5. The number of ether oxygens (including phenoxy) is 3. The van der Waals surface area contributed by atoms with E-state index in [4.69, 9.17) is 14.2 Å². The predicted octanol–water partition coefficient (Wildman–Crippen LogP) is 0.415. The van der Waals surface area contributed by atoms with Gasteiger partial charge < -0.3 is 29.1 Å². The summed E-state index contributed by atoms with van der Waals surface area (Å²) >= 11 is 3.65. The number of amides is 2. The van der Waals surface area contributed by atoms with Crippen molar-refractivity contribution >= 4 is 33.7 Å². The van der Waals surface area contributed by atoms with Crippen LogP contribution in [0.25, 0.3) is 0 Å². The molecule has 0 saturated carbocycles. The van der Waals surface area contributed by atoms with Crippen LogP contribution < -0.4 is 0 Å². The summed E-state index contributed by atoms with van der Waals surface area (Å²) in [6, 6.07) is -1.50. The quantitative estimate of drug-likeness (QED) is 0.216. The first-order valence-electron chi connectivity index (χ1n) is 13.0. The molecule has 11 heteroatoms. The number of halogens is 1. The number of carbonyl (C=O) groups excluding carboxylic acids is 3. The maximum absolute atomic E-state index is 14.3. The van der Waals surface area contributed by atoms with Crippen molar-refractivity contribution in [2.75, 3.05) is 59.2 Å². The molecule has 0 radical (unpaired) electrons. The van der Waals surface area contributed by atoms with Gasteiger partial charge in [-0.05, 0) is 19.8 Å². The Morgan fingerprint density at radius 1 is 1.36 bits per heavy atom. The minimum Gasteiger partial charge on any atom is -0.466 e. The van der Waals surface area contributed by atoms with Gasteiger partial charge in [0.05, 0.1) is 50.4 Å². The van der Waals surface area contributed by atoms with Crippen LogP contribution in [0.3, 0.4) is 0 Å². The van der Waals surface area contributed by atoms with Crippen LogP contribution in [0.2, 0.25) is 0 Å². The highest BCUT2D eigenvalue weighted by atomic mass is 79.9. The summed E-state index contributed by atoms with van der Waals surface area (Å²) in [5.74, 6) is -2.66. The molecule has 4 aliphatic heterocycles.